The van der Waals surface area contributed by atoms with Crippen molar-refractivity contribution in [2.45, 2.75) is 49.7 Å². The molecule has 6 rings (SSSR count). The third kappa shape index (κ3) is 4.75. The second-order valence-electron chi connectivity index (χ2n) is 10.1. The zero-order valence-electron chi connectivity index (χ0n) is 20.4. The number of ether oxygens (including phenoxy) is 1. The number of fused-ring (bicyclic) bond motifs is 1. The Balaban J connectivity index is 1.22. The minimum atomic E-state index is -3.47. The Labute approximate surface area is 215 Å². The van der Waals surface area contributed by atoms with Gasteiger partial charge in [0.2, 0.25) is 21.8 Å². The van der Waals surface area contributed by atoms with Gasteiger partial charge in [-0.15, -0.1) is 5.10 Å². The van der Waals surface area contributed by atoms with E-state index < -0.39 is 15.4 Å². The molecule has 0 radical (unpaired) electrons. The van der Waals surface area contributed by atoms with Gasteiger partial charge < -0.3 is 10.1 Å². The van der Waals surface area contributed by atoms with Crippen LogP contribution in [0.5, 0.6) is 5.88 Å². The first kappa shape index (κ1) is 23.8. The van der Waals surface area contributed by atoms with Gasteiger partial charge in [0.1, 0.15) is 0 Å². The molecule has 0 aliphatic heterocycles. The molecule has 11 heteroatoms. The van der Waals surface area contributed by atoms with Gasteiger partial charge in [-0.3, -0.25) is 14.5 Å². The molecule has 3 saturated carbocycles. The summed E-state index contributed by atoms with van der Waals surface area (Å²) >= 11 is 0. The topological polar surface area (TPSA) is 136 Å². The molecule has 1 amide bonds. The van der Waals surface area contributed by atoms with E-state index in [-0.39, 0.29) is 17.0 Å². The normalized spacial score (nSPS) is 24.2. The molecule has 192 valence electrons. The molecule has 3 aliphatic rings. The first-order valence-electron chi connectivity index (χ1n) is 12.6. The molecule has 37 heavy (non-hydrogen) atoms. The lowest BCUT2D eigenvalue weighted by Gasteiger charge is -2.30. The Morgan fingerprint density at radius 2 is 1.86 bits per heavy atom. The number of amides is 1. The fraction of sp³-hybridized carbons (Fsp3) is 0.423. The summed E-state index contributed by atoms with van der Waals surface area (Å²) in [6.07, 6.45) is 8.69. The Morgan fingerprint density at radius 3 is 2.57 bits per heavy atom. The van der Waals surface area contributed by atoms with Gasteiger partial charge in [-0.2, -0.15) is 5.10 Å². The van der Waals surface area contributed by atoms with Crippen molar-refractivity contribution < 1.29 is 17.9 Å². The van der Waals surface area contributed by atoms with Crippen LogP contribution in [0.15, 0.2) is 48.9 Å². The minimum absolute atomic E-state index is 0.116. The van der Waals surface area contributed by atoms with E-state index in [9.17, 15) is 13.2 Å². The molecule has 10 nitrogen and oxygen atoms in total. The number of aromatic nitrogens is 4. The van der Waals surface area contributed by atoms with Gasteiger partial charge in [0.15, 0.2) is 5.82 Å². The molecule has 2 aromatic heterocycles. The van der Waals surface area contributed by atoms with Crippen LogP contribution in [-0.2, 0) is 20.2 Å². The van der Waals surface area contributed by atoms with Crippen molar-refractivity contribution in [2.24, 2.45) is 11.8 Å². The first-order chi connectivity index (χ1) is 17.9. The first-order valence-corrected chi connectivity index (χ1v) is 14.1. The zero-order chi connectivity index (χ0) is 25.6. The molecule has 0 saturated heterocycles. The molecule has 3 aliphatic carbocycles. The standard InChI is InChI=1S/C26H28N6O4S/c1-2-36-24-15-27-14-22(30-24)16-3-5-20(6-4-16)29-25(33)26(11-17-9-18(17)12-26)19-10-23(31-28-13-19)32-37(34,35)21-7-8-21/h3-6,10,13-15,17-18,21H,2,7-9,11-12H2,1H3,(H,29,33)(H,31,32). The van der Waals surface area contributed by atoms with Crippen molar-refractivity contribution in [1.29, 1.82) is 0 Å². The van der Waals surface area contributed by atoms with Crippen molar-refractivity contribution in [3.8, 4) is 17.1 Å². The van der Waals surface area contributed by atoms with Crippen LogP contribution >= 0.6 is 0 Å². The average molecular weight is 521 g/mol. The summed E-state index contributed by atoms with van der Waals surface area (Å²) in [5.74, 6) is 1.52. The lowest BCUT2D eigenvalue weighted by atomic mass is 9.76. The number of hydrogen-bond donors (Lipinski definition) is 2. The monoisotopic (exact) mass is 520 g/mol. The molecule has 1 aromatic carbocycles. The van der Waals surface area contributed by atoms with Crippen LogP contribution in [-0.4, -0.2) is 46.3 Å². The third-order valence-corrected chi connectivity index (χ3v) is 9.33. The van der Waals surface area contributed by atoms with Crippen LogP contribution in [0.4, 0.5) is 11.5 Å². The second kappa shape index (κ2) is 9.05. The Hall–Kier alpha value is -3.60. The lowest BCUT2D eigenvalue weighted by molar-refractivity contribution is -0.121. The number of nitrogens with one attached hydrogen (secondary N) is 2. The number of hydrogen-bond acceptors (Lipinski definition) is 8. The number of nitrogens with zero attached hydrogens (tertiary/aromatic N) is 4. The SMILES string of the molecule is CCOc1cncc(-c2ccc(NC(=O)C3(c4cnnc(NS(=O)(=O)C5CC5)c4)CC4CC4C3)cc2)n1. The summed E-state index contributed by atoms with van der Waals surface area (Å²) in [6, 6.07) is 9.11. The summed E-state index contributed by atoms with van der Waals surface area (Å²) in [5, 5.41) is 10.7. The second-order valence-corrected chi connectivity index (χ2v) is 12.1. The molecular formula is C26H28N6O4S. The molecule has 2 heterocycles. The van der Waals surface area contributed by atoms with Gasteiger partial charge in [0, 0.05) is 11.3 Å². The summed E-state index contributed by atoms with van der Waals surface area (Å²) in [5.41, 5.74) is 2.12. The number of anilines is 2. The van der Waals surface area contributed by atoms with E-state index in [1.165, 1.54) is 0 Å². The Kier molecular flexibility index (Phi) is 5.82. The van der Waals surface area contributed by atoms with Crippen molar-refractivity contribution in [1.82, 2.24) is 20.2 Å². The van der Waals surface area contributed by atoms with E-state index in [1.54, 1.807) is 24.7 Å². The van der Waals surface area contributed by atoms with E-state index in [0.29, 0.717) is 67.0 Å². The molecule has 2 unspecified atom stereocenters. The smallest absolute Gasteiger partial charge is 0.236 e. The van der Waals surface area contributed by atoms with Crippen LogP contribution in [0.1, 0.15) is 44.6 Å². The van der Waals surface area contributed by atoms with Crippen molar-refractivity contribution in [3.63, 3.8) is 0 Å². The van der Waals surface area contributed by atoms with Crippen LogP contribution in [0.25, 0.3) is 11.3 Å². The van der Waals surface area contributed by atoms with E-state index in [4.69, 9.17) is 4.74 Å². The largest absolute Gasteiger partial charge is 0.477 e. The van der Waals surface area contributed by atoms with E-state index in [2.05, 4.69) is 30.2 Å². The minimum Gasteiger partial charge on any atom is -0.477 e. The molecular weight excluding hydrogens is 492 g/mol. The van der Waals surface area contributed by atoms with Gasteiger partial charge >= 0.3 is 0 Å². The highest BCUT2D eigenvalue weighted by Gasteiger charge is 2.58. The number of benzene rings is 1. The highest BCUT2D eigenvalue weighted by molar-refractivity contribution is 7.93. The van der Waals surface area contributed by atoms with Gasteiger partial charge in [0.25, 0.3) is 0 Å². The fourth-order valence-electron chi connectivity index (χ4n) is 5.31. The van der Waals surface area contributed by atoms with Gasteiger partial charge in [-0.05, 0) is 74.6 Å². The quantitative estimate of drug-likeness (QED) is 0.437. The van der Waals surface area contributed by atoms with Crippen LogP contribution in [0.2, 0.25) is 0 Å². The number of carbonyl (C=O) groups excluding carboxylic acids is 1. The zero-order valence-corrected chi connectivity index (χ0v) is 21.2. The molecule has 3 aromatic rings. The molecule has 3 fully saturated rings. The van der Waals surface area contributed by atoms with E-state index in [0.717, 1.165) is 12.0 Å². The molecule has 0 spiro atoms. The van der Waals surface area contributed by atoms with Crippen molar-refractivity contribution >= 4 is 27.4 Å². The average Bonchev–Trinajstić information content (AvgIpc) is 3.83. The predicted molar refractivity (Wildman–Crippen MR) is 137 cm³/mol. The lowest BCUT2D eigenvalue weighted by Crippen LogP contribution is -2.39. The van der Waals surface area contributed by atoms with Crippen molar-refractivity contribution in [2.75, 3.05) is 16.6 Å². The maximum Gasteiger partial charge on any atom is 0.236 e. The van der Waals surface area contributed by atoms with Gasteiger partial charge in [0.05, 0.1) is 41.6 Å². The summed E-state index contributed by atoms with van der Waals surface area (Å²) in [4.78, 5) is 22.4. The Morgan fingerprint density at radius 1 is 1.11 bits per heavy atom. The van der Waals surface area contributed by atoms with Crippen LogP contribution in [0.3, 0.4) is 0 Å². The number of sulfonamides is 1. The molecule has 2 N–H and O–H groups in total. The van der Waals surface area contributed by atoms with Crippen LogP contribution in [0, 0.1) is 11.8 Å². The van der Waals surface area contributed by atoms with Gasteiger partial charge in [-0.25, -0.2) is 13.4 Å². The summed E-state index contributed by atoms with van der Waals surface area (Å²) in [6.45, 7) is 2.40. The Bertz CT molecular complexity index is 1430. The van der Waals surface area contributed by atoms with Crippen LogP contribution < -0.4 is 14.8 Å². The molecule has 0 bridgehead atoms. The van der Waals surface area contributed by atoms with E-state index >= 15 is 0 Å². The third-order valence-electron chi connectivity index (χ3n) is 7.49. The number of carbonyl (C=O) groups is 1. The summed E-state index contributed by atoms with van der Waals surface area (Å²) in [7, 11) is -3.47. The summed E-state index contributed by atoms with van der Waals surface area (Å²) < 4.78 is 32.8. The highest BCUT2D eigenvalue weighted by Crippen LogP contribution is 2.61. The van der Waals surface area contributed by atoms with Crippen molar-refractivity contribution in [3.05, 3.63) is 54.5 Å². The maximum atomic E-state index is 13.8. The van der Waals surface area contributed by atoms with E-state index in [1.807, 2.05) is 31.2 Å². The predicted octanol–water partition coefficient (Wildman–Crippen LogP) is 3.54. The highest BCUT2D eigenvalue weighted by atomic mass is 32.2. The van der Waals surface area contributed by atoms with Gasteiger partial charge in [-0.1, -0.05) is 12.1 Å². The maximum absolute atomic E-state index is 13.8. The molecule has 2 atom stereocenters. The number of rotatable bonds is 9. The fourth-order valence-corrected chi connectivity index (χ4v) is 6.62.